The Labute approximate surface area is 96.5 Å². The third-order valence-electron chi connectivity index (χ3n) is 2.79. The van der Waals surface area contributed by atoms with Crippen molar-refractivity contribution in [2.45, 2.75) is 45.7 Å². The molecule has 0 saturated carbocycles. The van der Waals surface area contributed by atoms with Crippen molar-refractivity contribution in [2.24, 2.45) is 0 Å². The average molecular weight is 227 g/mol. The molecule has 0 bridgehead atoms. The Balaban J connectivity index is 2.66. The lowest BCUT2D eigenvalue weighted by Gasteiger charge is -2.32. The van der Waals surface area contributed by atoms with Crippen LogP contribution in [0.3, 0.4) is 0 Å². The summed E-state index contributed by atoms with van der Waals surface area (Å²) in [6, 6.07) is 0. The maximum Gasteiger partial charge on any atom is 0.240 e. The summed E-state index contributed by atoms with van der Waals surface area (Å²) in [5.74, 6) is 1.59. The number of hydrogen-bond donors (Lipinski definition) is 1. The summed E-state index contributed by atoms with van der Waals surface area (Å²) < 4.78 is 5.15. The van der Waals surface area contributed by atoms with E-state index in [1.165, 1.54) is 0 Å². The van der Waals surface area contributed by atoms with Crippen LogP contribution in [0.4, 0.5) is 0 Å². The summed E-state index contributed by atoms with van der Waals surface area (Å²) in [5.41, 5.74) is -0.285. The molecule has 0 unspecified atom stereocenters. The SMILES string of the molecule is CC(C)c1noc(CN(C)C(C)(C)CO)n1. The van der Waals surface area contributed by atoms with Gasteiger partial charge in [-0.05, 0) is 20.9 Å². The van der Waals surface area contributed by atoms with E-state index in [0.717, 1.165) is 5.82 Å². The molecular weight excluding hydrogens is 206 g/mol. The van der Waals surface area contributed by atoms with Crippen molar-refractivity contribution in [1.29, 1.82) is 0 Å². The highest BCUT2D eigenvalue weighted by molar-refractivity contribution is 4.92. The molecule has 0 amide bonds. The normalized spacial score (nSPS) is 12.8. The van der Waals surface area contributed by atoms with Gasteiger partial charge in [-0.1, -0.05) is 19.0 Å². The van der Waals surface area contributed by atoms with Crippen LogP contribution in [0, 0.1) is 0 Å². The molecular formula is C11H21N3O2. The van der Waals surface area contributed by atoms with Crippen LogP contribution in [-0.2, 0) is 6.54 Å². The molecule has 0 radical (unpaired) electrons. The van der Waals surface area contributed by atoms with Gasteiger partial charge >= 0.3 is 0 Å². The van der Waals surface area contributed by atoms with Gasteiger partial charge in [0.25, 0.3) is 0 Å². The van der Waals surface area contributed by atoms with Gasteiger partial charge in [0.2, 0.25) is 5.89 Å². The fourth-order valence-corrected chi connectivity index (χ4v) is 1.10. The van der Waals surface area contributed by atoms with Crippen LogP contribution in [0.2, 0.25) is 0 Å². The first-order chi connectivity index (χ1) is 7.36. The minimum Gasteiger partial charge on any atom is -0.394 e. The molecule has 1 N–H and O–H groups in total. The maximum atomic E-state index is 9.23. The Hall–Kier alpha value is -0.940. The van der Waals surface area contributed by atoms with Crippen molar-refractivity contribution >= 4 is 0 Å². The van der Waals surface area contributed by atoms with Gasteiger partial charge in [-0.15, -0.1) is 0 Å². The van der Waals surface area contributed by atoms with E-state index in [9.17, 15) is 5.11 Å². The molecule has 16 heavy (non-hydrogen) atoms. The monoisotopic (exact) mass is 227 g/mol. The summed E-state index contributed by atoms with van der Waals surface area (Å²) in [7, 11) is 1.93. The number of aliphatic hydroxyl groups is 1. The van der Waals surface area contributed by atoms with E-state index in [4.69, 9.17) is 4.52 Å². The van der Waals surface area contributed by atoms with Crippen LogP contribution in [-0.4, -0.2) is 39.3 Å². The second kappa shape index (κ2) is 4.93. The summed E-state index contributed by atoms with van der Waals surface area (Å²) in [6.07, 6.45) is 0. The first-order valence-electron chi connectivity index (χ1n) is 5.51. The molecule has 0 fully saturated rings. The van der Waals surface area contributed by atoms with E-state index >= 15 is 0 Å². The average Bonchev–Trinajstić information content (AvgIpc) is 2.66. The van der Waals surface area contributed by atoms with Gasteiger partial charge in [0.15, 0.2) is 5.82 Å². The maximum absolute atomic E-state index is 9.23. The van der Waals surface area contributed by atoms with Crippen LogP contribution < -0.4 is 0 Å². The van der Waals surface area contributed by atoms with E-state index in [2.05, 4.69) is 10.1 Å². The van der Waals surface area contributed by atoms with Gasteiger partial charge in [-0.25, -0.2) is 0 Å². The molecule has 0 atom stereocenters. The number of rotatable bonds is 5. The molecule has 1 rings (SSSR count). The van der Waals surface area contributed by atoms with E-state index in [1.807, 2.05) is 39.6 Å². The summed E-state index contributed by atoms with van der Waals surface area (Å²) in [5, 5.41) is 13.1. The van der Waals surface area contributed by atoms with E-state index in [1.54, 1.807) is 0 Å². The highest BCUT2D eigenvalue weighted by Gasteiger charge is 2.24. The summed E-state index contributed by atoms with van der Waals surface area (Å²) in [4.78, 5) is 6.29. The molecule has 5 heteroatoms. The van der Waals surface area contributed by atoms with E-state index in [0.29, 0.717) is 12.4 Å². The lowest BCUT2D eigenvalue weighted by atomic mass is 10.1. The minimum atomic E-state index is -0.285. The van der Waals surface area contributed by atoms with Crippen molar-refractivity contribution in [3.8, 4) is 0 Å². The number of nitrogens with zero attached hydrogens (tertiary/aromatic N) is 3. The Bertz CT molecular complexity index is 334. The van der Waals surface area contributed by atoms with Gasteiger partial charge in [0, 0.05) is 11.5 Å². The minimum absolute atomic E-state index is 0.0919. The Morgan fingerprint density at radius 1 is 1.44 bits per heavy atom. The van der Waals surface area contributed by atoms with Crippen LogP contribution in [0.15, 0.2) is 4.52 Å². The van der Waals surface area contributed by atoms with Crippen molar-refractivity contribution in [3.63, 3.8) is 0 Å². The molecule has 1 aromatic heterocycles. The number of hydrogen-bond acceptors (Lipinski definition) is 5. The van der Waals surface area contributed by atoms with Crippen LogP contribution >= 0.6 is 0 Å². The third kappa shape index (κ3) is 3.02. The predicted molar refractivity (Wildman–Crippen MR) is 61.0 cm³/mol. The van der Waals surface area contributed by atoms with Gasteiger partial charge in [-0.3, -0.25) is 4.90 Å². The Morgan fingerprint density at radius 2 is 2.06 bits per heavy atom. The molecule has 0 saturated heterocycles. The van der Waals surface area contributed by atoms with Crippen molar-refractivity contribution < 1.29 is 9.63 Å². The fraction of sp³-hybridized carbons (Fsp3) is 0.818. The molecule has 0 aliphatic rings. The van der Waals surface area contributed by atoms with Gasteiger partial charge in [0.05, 0.1) is 13.2 Å². The van der Waals surface area contributed by atoms with E-state index < -0.39 is 0 Å². The van der Waals surface area contributed by atoms with Crippen LogP contribution in [0.25, 0.3) is 0 Å². The zero-order chi connectivity index (χ0) is 12.3. The van der Waals surface area contributed by atoms with Crippen molar-refractivity contribution in [2.75, 3.05) is 13.7 Å². The van der Waals surface area contributed by atoms with Crippen LogP contribution in [0.1, 0.15) is 45.3 Å². The van der Waals surface area contributed by atoms with Crippen LogP contribution in [0.5, 0.6) is 0 Å². The second-order valence-corrected chi connectivity index (χ2v) is 5.03. The lowest BCUT2D eigenvalue weighted by Crippen LogP contribution is -2.43. The quantitative estimate of drug-likeness (QED) is 0.823. The molecule has 1 heterocycles. The zero-order valence-electron chi connectivity index (χ0n) is 10.7. The summed E-state index contributed by atoms with van der Waals surface area (Å²) >= 11 is 0. The van der Waals surface area contributed by atoms with Gasteiger partial charge < -0.3 is 9.63 Å². The molecule has 0 aliphatic carbocycles. The molecule has 1 aromatic rings. The Morgan fingerprint density at radius 3 is 2.50 bits per heavy atom. The van der Waals surface area contributed by atoms with Gasteiger partial charge in [0.1, 0.15) is 0 Å². The van der Waals surface area contributed by atoms with E-state index in [-0.39, 0.29) is 18.1 Å². The highest BCUT2D eigenvalue weighted by atomic mass is 16.5. The number of likely N-dealkylation sites (N-methyl/N-ethyl adjacent to an activating group) is 1. The lowest BCUT2D eigenvalue weighted by molar-refractivity contribution is 0.0652. The fourth-order valence-electron chi connectivity index (χ4n) is 1.10. The Kier molecular flexibility index (Phi) is 4.04. The smallest absolute Gasteiger partial charge is 0.240 e. The molecule has 92 valence electrons. The second-order valence-electron chi connectivity index (χ2n) is 5.03. The number of aliphatic hydroxyl groups excluding tert-OH is 1. The zero-order valence-corrected chi connectivity index (χ0v) is 10.7. The predicted octanol–water partition coefficient (Wildman–Crippen LogP) is 1.40. The first-order valence-corrected chi connectivity index (χ1v) is 5.51. The van der Waals surface area contributed by atoms with Crippen molar-refractivity contribution in [1.82, 2.24) is 15.0 Å². The first kappa shape index (κ1) is 13.1. The topological polar surface area (TPSA) is 62.4 Å². The largest absolute Gasteiger partial charge is 0.394 e. The third-order valence-corrected chi connectivity index (χ3v) is 2.79. The molecule has 0 aromatic carbocycles. The highest BCUT2D eigenvalue weighted by Crippen LogP contribution is 2.16. The molecule has 0 aliphatic heterocycles. The van der Waals surface area contributed by atoms with Crippen molar-refractivity contribution in [3.05, 3.63) is 11.7 Å². The number of aromatic nitrogens is 2. The summed E-state index contributed by atoms with van der Waals surface area (Å²) in [6.45, 7) is 8.62. The molecule has 0 spiro atoms. The standard InChI is InChI=1S/C11H21N3O2/c1-8(2)10-12-9(16-13-10)6-14(5)11(3,4)7-15/h8,15H,6-7H2,1-5H3. The molecule has 5 nitrogen and oxygen atoms in total. The van der Waals surface area contributed by atoms with Gasteiger partial charge in [-0.2, -0.15) is 4.98 Å².